The van der Waals surface area contributed by atoms with E-state index in [4.69, 9.17) is 0 Å². The van der Waals surface area contributed by atoms with E-state index in [0.717, 1.165) is 24.4 Å². The second-order valence-electron chi connectivity index (χ2n) is 4.75. The van der Waals surface area contributed by atoms with Crippen molar-refractivity contribution >= 4 is 17.7 Å². The Morgan fingerprint density at radius 2 is 1.94 bits per heavy atom. The van der Waals surface area contributed by atoms with Crippen molar-refractivity contribution in [2.45, 2.75) is 39.3 Å². The molecule has 0 radical (unpaired) electrons. The fraction of sp³-hybridized carbons (Fsp3) is 0.615. The van der Waals surface area contributed by atoms with Crippen LogP contribution in [-0.2, 0) is 4.79 Å². The lowest BCUT2D eigenvalue weighted by Gasteiger charge is -2.07. The molecule has 1 heterocycles. The minimum Gasteiger partial charge on any atom is -0.355 e. The molecule has 0 spiro atoms. The first-order valence-electron chi connectivity index (χ1n) is 6.19. The molecule has 0 saturated heterocycles. The summed E-state index contributed by atoms with van der Waals surface area (Å²) in [6.07, 6.45) is 1.01. The summed E-state index contributed by atoms with van der Waals surface area (Å²) in [6.45, 7) is 8.89. The van der Waals surface area contributed by atoms with Crippen molar-refractivity contribution in [3.63, 3.8) is 0 Å². The Hall–Kier alpha value is -1.10. The van der Waals surface area contributed by atoms with Crippen molar-refractivity contribution in [1.82, 2.24) is 15.3 Å². The van der Waals surface area contributed by atoms with E-state index in [1.807, 2.05) is 19.9 Å². The number of rotatable bonds is 6. The van der Waals surface area contributed by atoms with Crippen LogP contribution in [0, 0.1) is 19.8 Å². The molecule has 1 aromatic heterocycles. The molecule has 0 fully saturated rings. The van der Waals surface area contributed by atoms with Crippen LogP contribution in [0.2, 0.25) is 0 Å². The van der Waals surface area contributed by atoms with E-state index in [0.29, 0.717) is 16.8 Å². The van der Waals surface area contributed by atoms with Crippen LogP contribution in [0.3, 0.4) is 0 Å². The van der Waals surface area contributed by atoms with Gasteiger partial charge in [0.25, 0.3) is 0 Å². The third kappa shape index (κ3) is 6.00. The second-order valence-corrected chi connectivity index (χ2v) is 5.70. The van der Waals surface area contributed by atoms with Crippen molar-refractivity contribution in [3.05, 3.63) is 17.5 Å². The summed E-state index contributed by atoms with van der Waals surface area (Å²) in [6, 6.07) is 1.92. The number of thioether (sulfide) groups is 1. The Balaban J connectivity index is 2.33. The van der Waals surface area contributed by atoms with Gasteiger partial charge < -0.3 is 5.32 Å². The maximum absolute atomic E-state index is 11.6. The topological polar surface area (TPSA) is 54.9 Å². The molecule has 0 aliphatic carbocycles. The van der Waals surface area contributed by atoms with Gasteiger partial charge >= 0.3 is 0 Å². The van der Waals surface area contributed by atoms with Crippen molar-refractivity contribution in [3.8, 4) is 0 Å². The fourth-order valence-electron chi connectivity index (χ4n) is 1.44. The normalized spacial score (nSPS) is 10.7. The van der Waals surface area contributed by atoms with Gasteiger partial charge in [-0.3, -0.25) is 4.79 Å². The highest BCUT2D eigenvalue weighted by atomic mass is 32.2. The summed E-state index contributed by atoms with van der Waals surface area (Å²) in [7, 11) is 0. The zero-order valence-electron chi connectivity index (χ0n) is 11.5. The number of nitrogens with zero attached hydrogens (tertiary/aromatic N) is 2. The van der Waals surface area contributed by atoms with Crippen LogP contribution in [0.5, 0.6) is 0 Å². The fourth-order valence-corrected chi connectivity index (χ4v) is 2.22. The van der Waals surface area contributed by atoms with Crippen LogP contribution in [-0.4, -0.2) is 28.2 Å². The smallest absolute Gasteiger partial charge is 0.230 e. The first kappa shape index (κ1) is 15.0. The molecular formula is C13H21N3OS. The predicted molar refractivity (Wildman–Crippen MR) is 74.7 cm³/mol. The lowest BCUT2D eigenvalue weighted by atomic mass is 10.1. The first-order valence-corrected chi connectivity index (χ1v) is 7.17. The van der Waals surface area contributed by atoms with E-state index < -0.39 is 0 Å². The lowest BCUT2D eigenvalue weighted by Crippen LogP contribution is -2.27. The van der Waals surface area contributed by atoms with Gasteiger partial charge in [0.05, 0.1) is 5.75 Å². The van der Waals surface area contributed by atoms with Crippen LogP contribution < -0.4 is 5.32 Å². The number of aromatic nitrogens is 2. The van der Waals surface area contributed by atoms with E-state index in [9.17, 15) is 4.79 Å². The number of aryl methyl sites for hydroxylation is 2. The summed E-state index contributed by atoms with van der Waals surface area (Å²) in [4.78, 5) is 20.2. The Morgan fingerprint density at radius 1 is 1.33 bits per heavy atom. The molecule has 0 saturated carbocycles. The molecule has 18 heavy (non-hydrogen) atoms. The van der Waals surface area contributed by atoms with Gasteiger partial charge in [-0.1, -0.05) is 25.6 Å². The number of nitrogens with one attached hydrogen (secondary N) is 1. The van der Waals surface area contributed by atoms with Gasteiger partial charge in [0.2, 0.25) is 5.91 Å². The molecule has 0 aliphatic rings. The quantitative estimate of drug-likeness (QED) is 0.635. The van der Waals surface area contributed by atoms with Crippen LogP contribution >= 0.6 is 11.8 Å². The van der Waals surface area contributed by atoms with Crippen LogP contribution in [0.1, 0.15) is 31.7 Å². The summed E-state index contributed by atoms with van der Waals surface area (Å²) >= 11 is 1.38. The minimum absolute atomic E-state index is 0.0448. The van der Waals surface area contributed by atoms with Crippen molar-refractivity contribution in [1.29, 1.82) is 0 Å². The summed E-state index contributed by atoms with van der Waals surface area (Å²) in [5.74, 6) is 1.03. The number of amides is 1. The van der Waals surface area contributed by atoms with Gasteiger partial charge in [0.15, 0.2) is 5.16 Å². The maximum Gasteiger partial charge on any atom is 0.230 e. The molecule has 5 heteroatoms. The molecular weight excluding hydrogens is 246 g/mol. The molecule has 1 rings (SSSR count). The Labute approximate surface area is 113 Å². The van der Waals surface area contributed by atoms with E-state index in [1.165, 1.54) is 11.8 Å². The third-order valence-electron chi connectivity index (χ3n) is 2.34. The summed E-state index contributed by atoms with van der Waals surface area (Å²) in [5.41, 5.74) is 1.87. The van der Waals surface area contributed by atoms with Crippen LogP contribution in [0.15, 0.2) is 11.2 Å². The Kier molecular flexibility index (Phi) is 6.12. The van der Waals surface area contributed by atoms with E-state index in [-0.39, 0.29) is 5.91 Å². The van der Waals surface area contributed by atoms with Crippen molar-refractivity contribution in [2.24, 2.45) is 5.92 Å². The van der Waals surface area contributed by atoms with Crippen LogP contribution in [0.25, 0.3) is 0 Å². The third-order valence-corrected chi connectivity index (χ3v) is 3.19. The molecule has 0 atom stereocenters. The number of hydrogen-bond donors (Lipinski definition) is 1. The molecule has 4 nitrogen and oxygen atoms in total. The Bertz CT molecular complexity index is 387. The standard InChI is InChI=1S/C13H21N3OS/c1-9(2)5-6-14-12(17)8-18-13-15-10(3)7-11(4)16-13/h7,9H,5-6,8H2,1-4H3,(H,14,17). The van der Waals surface area contributed by atoms with Gasteiger partial charge in [-0.15, -0.1) is 0 Å². The average Bonchev–Trinajstić information content (AvgIpc) is 2.24. The van der Waals surface area contributed by atoms with E-state index in [2.05, 4.69) is 29.1 Å². The highest BCUT2D eigenvalue weighted by molar-refractivity contribution is 7.99. The van der Waals surface area contributed by atoms with Gasteiger partial charge in [0.1, 0.15) is 0 Å². The van der Waals surface area contributed by atoms with E-state index in [1.54, 1.807) is 0 Å². The Morgan fingerprint density at radius 3 is 2.50 bits per heavy atom. The molecule has 1 aromatic rings. The molecule has 0 bridgehead atoms. The lowest BCUT2D eigenvalue weighted by molar-refractivity contribution is -0.118. The molecule has 1 N–H and O–H groups in total. The predicted octanol–water partition coefficient (Wildman–Crippen LogP) is 2.35. The zero-order valence-corrected chi connectivity index (χ0v) is 12.3. The van der Waals surface area contributed by atoms with E-state index >= 15 is 0 Å². The SMILES string of the molecule is Cc1cc(C)nc(SCC(=O)NCCC(C)C)n1. The maximum atomic E-state index is 11.6. The van der Waals surface area contributed by atoms with Crippen molar-refractivity contribution < 1.29 is 4.79 Å². The minimum atomic E-state index is 0.0448. The largest absolute Gasteiger partial charge is 0.355 e. The molecule has 0 unspecified atom stereocenters. The highest BCUT2D eigenvalue weighted by Crippen LogP contribution is 2.13. The summed E-state index contributed by atoms with van der Waals surface area (Å²) in [5, 5.41) is 3.57. The zero-order chi connectivity index (χ0) is 13.5. The van der Waals surface area contributed by atoms with Gasteiger partial charge in [-0.25, -0.2) is 9.97 Å². The molecule has 100 valence electrons. The first-order chi connectivity index (χ1) is 8.47. The average molecular weight is 267 g/mol. The highest BCUT2D eigenvalue weighted by Gasteiger charge is 2.05. The molecule has 1 amide bonds. The van der Waals surface area contributed by atoms with Gasteiger partial charge in [-0.05, 0) is 32.3 Å². The molecule has 0 aromatic carbocycles. The molecule has 0 aliphatic heterocycles. The summed E-state index contributed by atoms with van der Waals surface area (Å²) < 4.78 is 0. The number of hydrogen-bond acceptors (Lipinski definition) is 4. The van der Waals surface area contributed by atoms with Gasteiger partial charge in [-0.2, -0.15) is 0 Å². The van der Waals surface area contributed by atoms with Crippen LogP contribution in [0.4, 0.5) is 0 Å². The number of carbonyl (C=O) groups excluding carboxylic acids is 1. The number of carbonyl (C=O) groups is 1. The monoisotopic (exact) mass is 267 g/mol. The van der Waals surface area contributed by atoms with Crippen molar-refractivity contribution in [2.75, 3.05) is 12.3 Å². The van der Waals surface area contributed by atoms with Gasteiger partial charge in [0, 0.05) is 17.9 Å². The second kappa shape index (κ2) is 7.36.